The van der Waals surface area contributed by atoms with Crippen molar-refractivity contribution in [1.29, 1.82) is 0 Å². The lowest BCUT2D eigenvalue weighted by Crippen LogP contribution is -2.33. The van der Waals surface area contributed by atoms with E-state index in [2.05, 4.69) is 20.1 Å². The highest BCUT2D eigenvalue weighted by Crippen LogP contribution is 2.33. The van der Waals surface area contributed by atoms with Gasteiger partial charge in [-0.25, -0.2) is 13.8 Å². The number of rotatable bonds is 5. The van der Waals surface area contributed by atoms with E-state index in [0.717, 1.165) is 34.0 Å². The molecular weight excluding hydrogens is 372 g/mol. The van der Waals surface area contributed by atoms with E-state index >= 15 is 0 Å². The summed E-state index contributed by atoms with van der Waals surface area (Å²) >= 11 is 1.52. The van der Waals surface area contributed by atoms with Crippen LogP contribution in [0.3, 0.4) is 0 Å². The van der Waals surface area contributed by atoms with Gasteiger partial charge in [-0.05, 0) is 38.4 Å². The van der Waals surface area contributed by atoms with E-state index in [9.17, 15) is 13.6 Å². The van der Waals surface area contributed by atoms with Crippen LogP contribution in [0, 0.1) is 6.92 Å². The third kappa shape index (κ3) is 3.61. The van der Waals surface area contributed by atoms with Crippen LogP contribution in [0.4, 0.5) is 8.78 Å². The second-order valence-electron chi connectivity index (χ2n) is 6.64. The van der Waals surface area contributed by atoms with Crippen molar-refractivity contribution in [3.8, 4) is 0 Å². The zero-order chi connectivity index (χ0) is 19.0. The van der Waals surface area contributed by atoms with Crippen LogP contribution in [-0.4, -0.2) is 37.6 Å². The fourth-order valence-corrected chi connectivity index (χ4v) is 4.37. The smallest absolute Gasteiger partial charge is 0.261 e. The molecule has 1 aromatic carbocycles. The molecule has 3 aromatic rings. The molecule has 0 radical (unpaired) electrons. The van der Waals surface area contributed by atoms with E-state index < -0.39 is 18.5 Å². The van der Waals surface area contributed by atoms with Crippen molar-refractivity contribution >= 4 is 22.2 Å². The Kier molecular flexibility index (Phi) is 4.96. The summed E-state index contributed by atoms with van der Waals surface area (Å²) in [6.45, 7) is 2.64. The molecule has 1 aliphatic rings. The lowest BCUT2D eigenvalue weighted by molar-refractivity contribution is 0.120. The number of hydrogen-bond acceptors (Lipinski definition) is 6. The largest absolute Gasteiger partial charge is 0.289 e. The Bertz CT molecular complexity index is 1020. The van der Waals surface area contributed by atoms with Gasteiger partial charge in [-0.1, -0.05) is 12.1 Å². The second-order valence-corrected chi connectivity index (χ2v) is 7.90. The highest BCUT2D eigenvalue weighted by atomic mass is 32.1. The van der Waals surface area contributed by atoms with Crippen molar-refractivity contribution in [1.82, 2.24) is 24.6 Å². The van der Waals surface area contributed by atoms with E-state index in [1.54, 1.807) is 24.3 Å². The minimum atomic E-state index is -2.62. The van der Waals surface area contributed by atoms with Crippen molar-refractivity contribution in [2.24, 2.45) is 0 Å². The molecule has 4 rings (SSSR count). The van der Waals surface area contributed by atoms with Gasteiger partial charge in [0, 0.05) is 0 Å². The minimum Gasteiger partial charge on any atom is -0.289 e. The number of alkyl halides is 2. The van der Waals surface area contributed by atoms with Crippen LogP contribution in [0.25, 0.3) is 10.9 Å². The van der Waals surface area contributed by atoms with Crippen LogP contribution in [0.2, 0.25) is 0 Å². The number of aryl methyl sites for hydroxylation is 1. The fraction of sp³-hybridized carbons (Fsp3) is 0.444. The topological polar surface area (TPSA) is 63.9 Å². The third-order valence-corrected chi connectivity index (χ3v) is 5.60. The average Bonchev–Trinajstić information content (AvgIpc) is 3.26. The lowest BCUT2D eigenvalue weighted by atomic mass is 10.1. The first-order chi connectivity index (χ1) is 13.0. The van der Waals surface area contributed by atoms with Gasteiger partial charge in [0.2, 0.25) is 0 Å². The molecule has 9 heteroatoms. The molecule has 1 aliphatic heterocycles. The van der Waals surface area contributed by atoms with Gasteiger partial charge in [-0.3, -0.25) is 14.3 Å². The molecule has 1 saturated heterocycles. The third-order valence-electron chi connectivity index (χ3n) is 4.78. The molecule has 0 saturated carbocycles. The number of halogens is 2. The molecule has 1 atom stereocenters. The van der Waals surface area contributed by atoms with Gasteiger partial charge in [0.1, 0.15) is 15.8 Å². The summed E-state index contributed by atoms with van der Waals surface area (Å²) in [4.78, 5) is 19.6. The minimum absolute atomic E-state index is 0.190. The number of fused-ring (bicyclic) bond motifs is 1. The zero-order valence-electron chi connectivity index (χ0n) is 14.8. The van der Waals surface area contributed by atoms with Gasteiger partial charge in [0.25, 0.3) is 12.0 Å². The molecule has 3 heterocycles. The van der Waals surface area contributed by atoms with Crippen molar-refractivity contribution in [2.75, 3.05) is 6.54 Å². The van der Waals surface area contributed by atoms with Crippen LogP contribution in [0.15, 0.2) is 29.1 Å². The van der Waals surface area contributed by atoms with E-state index in [0.29, 0.717) is 23.3 Å². The van der Waals surface area contributed by atoms with E-state index in [1.165, 1.54) is 11.3 Å². The summed E-state index contributed by atoms with van der Waals surface area (Å²) in [6, 6.07) is 6.71. The van der Waals surface area contributed by atoms with Gasteiger partial charge >= 0.3 is 0 Å². The van der Waals surface area contributed by atoms with E-state index in [4.69, 9.17) is 0 Å². The van der Waals surface area contributed by atoms with Gasteiger partial charge in [-0.15, -0.1) is 21.5 Å². The number of likely N-dealkylation sites (tertiary alicyclic amines) is 1. The summed E-state index contributed by atoms with van der Waals surface area (Å²) in [5, 5.41) is 10.3. The average molecular weight is 391 g/mol. The predicted molar refractivity (Wildman–Crippen MR) is 99.0 cm³/mol. The predicted octanol–water partition coefficient (Wildman–Crippen LogP) is 3.16. The van der Waals surface area contributed by atoms with Crippen molar-refractivity contribution in [3.05, 3.63) is 50.5 Å². The maximum absolute atomic E-state index is 13.2. The summed E-state index contributed by atoms with van der Waals surface area (Å²) in [5.74, 6) is 0.415. The number of nitrogens with zero attached hydrogens (tertiary/aromatic N) is 5. The molecule has 0 amide bonds. The summed E-state index contributed by atoms with van der Waals surface area (Å²) in [5.41, 5.74) is 0.135. The molecule has 0 spiro atoms. The Labute approximate surface area is 158 Å². The summed E-state index contributed by atoms with van der Waals surface area (Å²) < 4.78 is 27.5. The van der Waals surface area contributed by atoms with E-state index in [1.807, 2.05) is 6.92 Å². The lowest BCUT2D eigenvalue weighted by Gasteiger charge is -2.25. The van der Waals surface area contributed by atoms with Crippen molar-refractivity contribution < 1.29 is 8.78 Å². The Balaban J connectivity index is 1.77. The number of benzene rings is 1. The Morgan fingerprint density at radius 2 is 2.11 bits per heavy atom. The normalized spacial score (nSPS) is 18.0. The molecule has 0 N–H and O–H groups in total. The second kappa shape index (κ2) is 7.40. The van der Waals surface area contributed by atoms with Crippen molar-refractivity contribution in [2.45, 2.75) is 45.3 Å². The maximum Gasteiger partial charge on any atom is 0.261 e. The fourth-order valence-electron chi connectivity index (χ4n) is 3.64. The monoisotopic (exact) mass is 391 g/mol. The van der Waals surface area contributed by atoms with Crippen LogP contribution in [0.5, 0.6) is 0 Å². The van der Waals surface area contributed by atoms with Crippen LogP contribution < -0.4 is 5.56 Å². The Morgan fingerprint density at radius 1 is 1.30 bits per heavy atom. The molecular formula is C18H19F2N5OS. The van der Waals surface area contributed by atoms with Crippen LogP contribution >= 0.6 is 11.3 Å². The van der Waals surface area contributed by atoms with Crippen LogP contribution in [0.1, 0.15) is 34.7 Å². The first-order valence-electron chi connectivity index (χ1n) is 8.83. The van der Waals surface area contributed by atoms with Crippen molar-refractivity contribution in [3.63, 3.8) is 0 Å². The standard InChI is InChI=1S/C18H19F2N5OS/c1-11-22-23-16(27-11)10-24-8-4-7-14(24)17-21-13-6-3-2-5-12(13)18(26)25(17)9-15(19)20/h2-3,5-6,14-15H,4,7-10H2,1H3. The summed E-state index contributed by atoms with van der Waals surface area (Å²) in [7, 11) is 0. The highest BCUT2D eigenvalue weighted by Gasteiger charge is 2.31. The molecule has 1 fully saturated rings. The molecule has 1 unspecified atom stereocenters. The first kappa shape index (κ1) is 18.1. The number of hydrogen-bond donors (Lipinski definition) is 0. The molecule has 6 nitrogen and oxygen atoms in total. The van der Waals surface area contributed by atoms with Crippen LogP contribution in [-0.2, 0) is 13.1 Å². The van der Waals surface area contributed by atoms with Gasteiger partial charge in [-0.2, -0.15) is 0 Å². The first-order valence-corrected chi connectivity index (χ1v) is 9.65. The maximum atomic E-state index is 13.2. The SMILES string of the molecule is Cc1nnc(CN2CCCC2c2nc3ccccc3c(=O)n2CC(F)F)s1. The Morgan fingerprint density at radius 3 is 2.85 bits per heavy atom. The van der Waals surface area contributed by atoms with E-state index in [-0.39, 0.29) is 6.04 Å². The molecule has 27 heavy (non-hydrogen) atoms. The number of para-hydroxylation sites is 1. The molecule has 0 bridgehead atoms. The summed E-state index contributed by atoms with van der Waals surface area (Å²) in [6.07, 6.45) is -0.934. The van der Waals surface area contributed by atoms with Gasteiger partial charge < -0.3 is 0 Å². The number of aromatic nitrogens is 4. The quantitative estimate of drug-likeness (QED) is 0.669. The molecule has 2 aromatic heterocycles. The zero-order valence-corrected chi connectivity index (χ0v) is 15.6. The Hall–Kier alpha value is -2.26. The molecule has 142 valence electrons. The van der Waals surface area contributed by atoms with Gasteiger partial charge in [0.15, 0.2) is 0 Å². The highest BCUT2D eigenvalue weighted by molar-refractivity contribution is 7.11. The van der Waals surface area contributed by atoms with Gasteiger partial charge in [0.05, 0.1) is 30.0 Å². The molecule has 0 aliphatic carbocycles.